The minimum absolute atomic E-state index is 0.295. The van der Waals surface area contributed by atoms with E-state index in [4.69, 9.17) is 10.00 Å². The molecular weight excluding hydrogens is 378 g/mol. The summed E-state index contributed by atoms with van der Waals surface area (Å²) in [6.45, 7) is 1.97. The summed E-state index contributed by atoms with van der Waals surface area (Å²) in [5.74, 6) is -0.409. The number of nitriles is 1. The van der Waals surface area contributed by atoms with Crippen molar-refractivity contribution in [2.45, 2.75) is 19.6 Å². The van der Waals surface area contributed by atoms with E-state index in [9.17, 15) is 9.59 Å². The molecule has 0 radical (unpaired) electrons. The van der Waals surface area contributed by atoms with Crippen molar-refractivity contribution in [3.05, 3.63) is 95.6 Å². The van der Waals surface area contributed by atoms with E-state index in [0.29, 0.717) is 29.1 Å². The predicted molar refractivity (Wildman–Crippen MR) is 114 cm³/mol. The number of hydrogen-bond acceptors (Lipinski definition) is 4. The van der Waals surface area contributed by atoms with Gasteiger partial charge < -0.3 is 15.4 Å². The highest BCUT2D eigenvalue weighted by molar-refractivity contribution is 5.98. The number of ether oxygens (including phenoxy) is 1. The van der Waals surface area contributed by atoms with Gasteiger partial charge in [0.15, 0.2) is 6.10 Å². The molecule has 1 atom stereocenters. The van der Waals surface area contributed by atoms with Gasteiger partial charge in [-0.15, -0.1) is 0 Å². The molecule has 0 saturated heterocycles. The molecule has 6 nitrogen and oxygen atoms in total. The Morgan fingerprint density at radius 1 is 0.967 bits per heavy atom. The normalized spacial score (nSPS) is 11.1. The molecule has 0 aromatic heterocycles. The van der Waals surface area contributed by atoms with Crippen molar-refractivity contribution < 1.29 is 14.3 Å². The van der Waals surface area contributed by atoms with E-state index >= 15 is 0 Å². The van der Waals surface area contributed by atoms with Gasteiger partial charge in [0.2, 0.25) is 0 Å². The van der Waals surface area contributed by atoms with Gasteiger partial charge in [-0.1, -0.05) is 54.6 Å². The molecule has 3 aromatic carbocycles. The van der Waals surface area contributed by atoms with E-state index in [1.165, 1.54) is 0 Å². The van der Waals surface area contributed by atoms with Crippen LogP contribution < -0.4 is 15.4 Å². The number of rotatable bonds is 7. The van der Waals surface area contributed by atoms with Crippen LogP contribution in [-0.2, 0) is 11.3 Å². The lowest BCUT2D eigenvalue weighted by atomic mass is 10.1. The molecule has 0 fully saturated rings. The summed E-state index contributed by atoms with van der Waals surface area (Å²) in [6.07, 6.45) is -0.875. The number of carbonyl (C=O) groups is 2. The molecule has 0 aliphatic heterocycles. The molecule has 30 heavy (non-hydrogen) atoms. The lowest BCUT2D eigenvalue weighted by molar-refractivity contribution is -0.122. The molecule has 6 heteroatoms. The second-order valence-electron chi connectivity index (χ2n) is 6.57. The highest BCUT2D eigenvalue weighted by Gasteiger charge is 2.19. The molecular formula is C24H21N3O3. The maximum Gasteiger partial charge on any atom is 0.265 e. The van der Waals surface area contributed by atoms with Gasteiger partial charge in [-0.2, -0.15) is 5.26 Å². The van der Waals surface area contributed by atoms with E-state index in [2.05, 4.69) is 10.6 Å². The van der Waals surface area contributed by atoms with Crippen LogP contribution in [0, 0.1) is 11.3 Å². The molecule has 0 unspecified atom stereocenters. The number of hydrogen-bond donors (Lipinski definition) is 2. The zero-order valence-electron chi connectivity index (χ0n) is 16.5. The topological polar surface area (TPSA) is 91.2 Å². The fourth-order valence-corrected chi connectivity index (χ4v) is 2.80. The van der Waals surface area contributed by atoms with Crippen LogP contribution in [0.15, 0.2) is 78.9 Å². The van der Waals surface area contributed by atoms with Gasteiger partial charge >= 0.3 is 0 Å². The average molecular weight is 399 g/mol. The molecule has 0 saturated carbocycles. The van der Waals surface area contributed by atoms with Gasteiger partial charge in [-0.05, 0) is 36.8 Å². The van der Waals surface area contributed by atoms with Gasteiger partial charge in [-0.25, -0.2) is 0 Å². The Bertz CT molecular complexity index is 1070. The molecule has 0 spiro atoms. The van der Waals surface area contributed by atoms with E-state index in [0.717, 1.165) is 5.56 Å². The van der Waals surface area contributed by atoms with Gasteiger partial charge in [0.1, 0.15) is 11.8 Å². The molecule has 0 bridgehead atoms. The lowest BCUT2D eigenvalue weighted by Crippen LogP contribution is -2.31. The largest absolute Gasteiger partial charge is 0.480 e. The van der Waals surface area contributed by atoms with E-state index in [1.807, 2.05) is 36.4 Å². The van der Waals surface area contributed by atoms with Gasteiger partial charge in [0, 0.05) is 6.54 Å². The molecule has 0 aliphatic carbocycles. The summed E-state index contributed by atoms with van der Waals surface area (Å²) in [5, 5.41) is 14.7. The first-order valence-corrected chi connectivity index (χ1v) is 9.46. The van der Waals surface area contributed by atoms with Crippen LogP contribution in [0.1, 0.15) is 28.4 Å². The monoisotopic (exact) mass is 399 g/mol. The van der Waals surface area contributed by atoms with Crippen LogP contribution >= 0.6 is 0 Å². The Kier molecular flexibility index (Phi) is 6.80. The third-order valence-corrected chi connectivity index (χ3v) is 4.41. The van der Waals surface area contributed by atoms with Crippen LogP contribution in [0.4, 0.5) is 5.69 Å². The quantitative estimate of drug-likeness (QED) is 0.630. The smallest absolute Gasteiger partial charge is 0.265 e. The first-order chi connectivity index (χ1) is 14.6. The fraction of sp³-hybridized carbons (Fsp3) is 0.125. The Morgan fingerprint density at radius 3 is 2.40 bits per heavy atom. The summed E-state index contributed by atoms with van der Waals surface area (Å²) in [7, 11) is 0. The van der Waals surface area contributed by atoms with E-state index in [-0.39, 0.29) is 5.91 Å². The summed E-state index contributed by atoms with van der Waals surface area (Å²) in [5.41, 5.74) is 2.09. The van der Waals surface area contributed by atoms with Crippen molar-refractivity contribution >= 4 is 17.5 Å². The second-order valence-corrected chi connectivity index (χ2v) is 6.57. The van der Waals surface area contributed by atoms with Crippen molar-refractivity contribution in [1.82, 2.24) is 5.32 Å². The number of anilines is 1. The molecule has 3 aromatic rings. The average Bonchev–Trinajstić information content (AvgIpc) is 2.78. The molecule has 0 aliphatic rings. The first kappa shape index (κ1) is 20.6. The zero-order valence-corrected chi connectivity index (χ0v) is 16.5. The number of carbonyl (C=O) groups excluding carboxylic acids is 2. The minimum Gasteiger partial charge on any atom is -0.480 e. The van der Waals surface area contributed by atoms with Crippen molar-refractivity contribution in [3.63, 3.8) is 0 Å². The summed E-state index contributed by atoms with van der Waals surface area (Å²) < 4.78 is 5.77. The number of nitrogens with zero attached hydrogens (tertiary/aromatic N) is 1. The number of nitrogens with one attached hydrogen (secondary N) is 2. The fourth-order valence-electron chi connectivity index (χ4n) is 2.80. The Balaban J connectivity index is 1.67. The third kappa shape index (κ3) is 5.24. The SMILES string of the molecule is C[C@@H](Oc1ccccc1C(=O)NCc1ccccc1)C(=O)Nc1ccccc1C#N. The lowest BCUT2D eigenvalue weighted by Gasteiger charge is -2.17. The van der Waals surface area contributed by atoms with Gasteiger partial charge in [-0.3, -0.25) is 9.59 Å². The van der Waals surface area contributed by atoms with Gasteiger partial charge in [0.25, 0.3) is 11.8 Å². The molecule has 150 valence electrons. The van der Waals surface area contributed by atoms with Crippen LogP contribution in [0.5, 0.6) is 5.75 Å². The first-order valence-electron chi connectivity index (χ1n) is 9.46. The van der Waals surface area contributed by atoms with Gasteiger partial charge in [0.05, 0.1) is 16.8 Å². The summed E-state index contributed by atoms with van der Waals surface area (Å²) >= 11 is 0. The Hall–Kier alpha value is -4.11. The number of para-hydroxylation sites is 2. The number of amides is 2. The van der Waals surface area contributed by atoms with Crippen molar-refractivity contribution in [2.75, 3.05) is 5.32 Å². The highest BCUT2D eigenvalue weighted by atomic mass is 16.5. The molecule has 3 rings (SSSR count). The predicted octanol–water partition coefficient (Wildman–Crippen LogP) is 3.89. The second kappa shape index (κ2) is 9.89. The van der Waals surface area contributed by atoms with Crippen LogP contribution in [0.3, 0.4) is 0 Å². The zero-order chi connectivity index (χ0) is 21.3. The van der Waals surface area contributed by atoms with Crippen molar-refractivity contribution in [2.24, 2.45) is 0 Å². The van der Waals surface area contributed by atoms with Crippen molar-refractivity contribution in [1.29, 1.82) is 5.26 Å². The maximum absolute atomic E-state index is 12.6. The Morgan fingerprint density at radius 2 is 1.63 bits per heavy atom. The van der Waals surface area contributed by atoms with E-state index in [1.54, 1.807) is 55.5 Å². The van der Waals surface area contributed by atoms with Crippen LogP contribution in [0.2, 0.25) is 0 Å². The maximum atomic E-state index is 12.6. The highest BCUT2D eigenvalue weighted by Crippen LogP contribution is 2.21. The molecule has 2 amide bonds. The Labute approximate surface area is 175 Å². The minimum atomic E-state index is -0.875. The number of benzene rings is 3. The van der Waals surface area contributed by atoms with Crippen LogP contribution in [-0.4, -0.2) is 17.9 Å². The van der Waals surface area contributed by atoms with Crippen molar-refractivity contribution in [3.8, 4) is 11.8 Å². The summed E-state index contributed by atoms with van der Waals surface area (Å²) in [4.78, 5) is 25.2. The van der Waals surface area contributed by atoms with E-state index < -0.39 is 12.0 Å². The molecule has 0 heterocycles. The standard InChI is InChI=1S/C24H21N3O3/c1-17(23(28)27-21-13-7-5-11-19(21)15-25)30-22-14-8-6-12-20(22)24(29)26-16-18-9-3-2-4-10-18/h2-14,17H,16H2,1H3,(H,26,29)(H,27,28)/t17-/m1/s1. The summed E-state index contributed by atoms with van der Waals surface area (Å²) in [6, 6.07) is 25.1. The molecule has 2 N–H and O–H groups in total. The third-order valence-electron chi connectivity index (χ3n) is 4.41. The van der Waals surface area contributed by atoms with Crippen LogP contribution in [0.25, 0.3) is 0 Å².